The van der Waals surface area contributed by atoms with E-state index in [1.807, 2.05) is 30.3 Å². The van der Waals surface area contributed by atoms with Gasteiger partial charge in [0.15, 0.2) is 5.03 Å². The zero-order chi connectivity index (χ0) is 17.2. The number of ether oxygens (including phenoxy) is 1. The second kappa shape index (κ2) is 6.62. The van der Waals surface area contributed by atoms with Gasteiger partial charge >= 0.3 is 6.09 Å². The van der Waals surface area contributed by atoms with E-state index < -0.39 is 16.1 Å². The molecule has 0 fully saturated rings. The number of nitrogens with zero attached hydrogens (tertiary/aromatic N) is 3. The molecule has 1 aliphatic rings. The molecular formula is C15H18N4O4S. The highest BCUT2D eigenvalue weighted by Crippen LogP contribution is 2.17. The largest absolute Gasteiger partial charge is 0.445 e. The van der Waals surface area contributed by atoms with E-state index in [9.17, 15) is 13.2 Å². The van der Waals surface area contributed by atoms with E-state index in [4.69, 9.17) is 9.88 Å². The van der Waals surface area contributed by atoms with Crippen LogP contribution in [0, 0.1) is 0 Å². The van der Waals surface area contributed by atoms with Crippen molar-refractivity contribution in [1.29, 1.82) is 0 Å². The van der Waals surface area contributed by atoms with Gasteiger partial charge in [0.1, 0.15) is 6.61 Å². The van der Waals surface area contributed by atoms with Crippen LogP contribution in [-0.4, -0.2) is 35.7 Å². The summed E-state index contributed by atoms with van der Waals surface area (Å²) in [6.45, 7) is 1.46. The lowest BCUT2D eigenvalue weighted by atomic mass is 10.2. The lowest BCUT2D eigenvalue weighted by Gasteiger charge is -2.19. The molecule has 0 saturated carbocycles. The van der Waals surface area contributed by atoms with E-state index >= 15 is 0 Å². The van der Waals surface area contributed by atoms with Gasteiger partial charge in [-0.2, -0.15) is 5.10 Å². The molecule has 0 unspecified atom stereocenters. The summed E-state index contributed by atoms with van der Waals surface area (Å²) in [5, 5.41) is 8.92. The lowest BCUT2D eigenvalue weighted by molar-refractivity contribution is 0.0942. The Labute approximate surface area is 139 Å². The number of rotatable bonds is 3. The van der Waals surface area contributed by atoms with Gasteiger partial charge in [-0.3, -0.25) is 4.68 Å². The molecule has 1 aromatic heterocycles. The smallest absolute Gasteiger partial charge is 0.410 e. The molecule has 128 valence electrons. The number of nitrogens with two attached hydrogens (primary N) is 1. The maximum Gasteiger partial charge on any atom is 0.410 e. The molecule has 9 heteroatoms. The highest BCUT2D eigenvalue weighted by molar-refractivity contribution is 7.89. The predicted octanol–water partition coefficient (Wildman–Crippen LogP) is 1.07. The Kier molecular flexibility index (Phi) is 4.54. The van der Waals surface area contributed by atoms with Crippen LogP contribution < -0.4 is 5.14 Å². The molecule has 0 radical (unpaired) electrons. The van der Waals surface area contributed by atoms with Crippen LogP contribution in [0.2, 0.25) is 0 Å². The van der Waals surface area contributed by atoms with Crippen molar-refractivity contribution >= 4 is 16.1 Å². The van der Waals surface area contributed by atoms with E-state index in [-0.39, 0.29) is 18.2 Å². The third kappa shape index (κ3) is 3.74. The molecule has 0 saturated heterocycles. The van der Waals surface area contributed by atoms with Crippen molar-refractivity contribution in [1.82, 2.24) is 14.7 Å². The Morgan fingerprint density at radius 1 is 1.25 bits per heavy atom. The first-order valence-corrected chi connectivity index (χ1v) is 9.03. The molecule has 0 aliphatic carbocycles. The predicted molar refractivity (Wildman–Crippen MR) is 85.3 cm³/mol. The number of carbonyl (C=O) groups is 1. The molecule has 3 rings (SSSR count). The molecule has 8 nitrogen and oxygen atoms in total. The van der Waals surface area contributed by atoms with Crippen molar-refractivity contribution in [2.45, 2.75) is 31.1 Å². The molecule has 1 aliphatic heterocycles. The van der Waals surface area contributed by atoms with Crippen LogP contribution in [0.25, 0.3) is 0 Å². The molecule has 0 spiro atoms. The van der Waals surface area contributed by atoms with Crippen molar-refractivity contribution in [2.75, 3.05) is 6.54 Å². The van der Waals surface area contributed by atoms with E-state index in [0.29, 0.717) is 25.2 Å². The first-order chi connectivity index (χ1) is 11.4. The van der Waals surface area contributed by atoms with Gasteiger partial charge in [-0.1, -0.05) is 30.3 Å². The number of aryl methyl sites for hydroxylation is 1. The highest BCUT2D eigenvalue weighted by atomic mass is 32.2. The second-order valence-electron chi connectivity index (χ2n) is 5.56. The lowest BCUT2D eigenvalue weighted by Crippen LogP contribution is -2.31. The van der Waals surface area contributed by atoms with E-state index in [0.717, 1.165) is 5.56 Å². The molecule has 2 N–H and O–H groups in total. The van der Waals surface area contributed by atoms with Gasteiger partial charge in [0.05, 0.1) is 12.2 Å². The van der Waals surface area contributed by atoms with Crippen LogP contribution >= 0.6 is 0 Å². The van der Waals surface area contributed by atoms with Gasteiger partial charge in [-0.05, 0) is 12.0 Å². The maximum atomic E-state index is 12.3. The molecule has 1 amide bonds. The normalized spacial score (nSPS) is 14.8. The van der Waals surface area contributed by atoms with Crippen LogP contribution in [0.3, 0.4) is 0 Å². The van der Waals surface area contributed by atoms with Crippen molar-refractivity contribution in [3.63, 3.8) is 0 Å². The fourth-order valence-electron chi connectivity index (χ4n) is 2.54. The Morgan fingerprint density at radius 3 is 2.71 bits per heavy atom. The zero-order valence-corrected chi connectivity index (χ0v) is 13.8. The summed E-state index contributed by atoms with van der Waals surface area (Å²) in [4.78, 5) is 13.8. The molecule has 1 aromatic carbocycles. The Balaban J connectivity index is 1.69. The van der Waals surface area contributed by atoms with Crippen molar-refractivity contribution in [3.8, 4) is 0 Å². The fourth-order valence-corrected chi connectivity index (χ4v) is 3.05. The van der Waals surface area contributed by atoms with Crippen LogP contribution in [0.1, 0.15) is 17.7 Å². The maximum absolute atomic E-state index is 12.3. The van der Waals surface area contributed by atoms with E-state index in [1.165, 1.54) is 11.0 Å². The Morgan fingerprint density at radius 2 is 2.00 bits per heavy atom. The highest BCUT2D eigenvalue weighted by Gasteiger charge is 2.24. The summed E-state index contributed by atoms with van der Waals surface area (Å²) >= 11 is 0. The first kappa shape index (κ1) is 16.5. The van der Waals surface area contributed by atoms with Gasteiger partial charge in [0.2, 0.25) is 0 Å². The average Bonchev–Trinajstić information content (AvgIpc) is 2.86. The molecular weight excluding hydrogens is 332 g/mol. The third-order valence-electron chi connectivity index (χ3n) is 3.75. The summed E-state index contributed by atoms with van der Waals surface area (Å²) < 4.78 is 29.7. The standard InChI is InChI=1S/C15H18N4O4S/c16-24(21,22)14-9-13-10-18(7-4-8-19(13)17-14)15(20)23-11-12-5-2-1-3-6-12/h1-3,5-6,9H,4,7-8,10-11H2,(H2,16,21,22). The summed E-state index contributed by atoms with van der Waals surface area (Å²) in [6.07, 6.45) is 0.213. The van der Waals surface area contributed by atoms with Crippen LogP contribution in [0.4, 0.5) is 4.79 Å². The summed E-state index contributed by atoms with van der Waals surface area (Å²) in [7, 11) is -3.86. The monoisotopic (exact) mass is 350 g/mol. The molecule has 0 atom stereocenters. The molecule has 2 aromatic rings. The number of amides is 1. The topological polar surface area (TPSA) is 108 Å². The van der Waals surface area contributed by atoms with Gasteiger partial charge in [0.25, 0.3) is 10.0 Å². The second-order valence-corrected chi connectivity index (χ2v) is 7.07. The number of hydrogen-bond donors (Lipinski definition) is 1. The zero-order valence-electron chi connectivity index (χ0n) is 13.0. The van der Waals surface area contributed by atoms with E-state index in [1.54, 1.807) is 4.68 Å². The Bertz CT molecular complexity index is 832. The molecule has 24 heavy (non-hydrogen) atoms. The SMILES string of the molecule is NS(=O)(=O)c1cc2n(n1)CCCN(C(=O)OCc1ccccc1)C2. The summed E-state index contributed by atoms with van der Waals surface area (Å²) in [5.74, 6) is 0. The fraction of sp³-hybridized carbons (Fsp3) is 0.333. The van der Waals surface area contributed by atoms with Crippen molar-refractivity contribution in [2.24, 2.45) is 5.14 Å². The van der Waals surface area contributed by atoms with Crippen molar-refractivity contribution < 1.29 is 17.9 Å². The Hall–Kier alpha value is -2.39. The van der Waals surface area contributed by atoms with Gasteiger partial charge < -0.3 is 9.64 Å². The minimum atomic E-state index is -3.86. The third-order valence-corrected chi connectivity index (χ3v) is 4.53. The van der Waals surface area contributed by atoms with Gasteiger partial charge in [0, 0.05) is 19.2 Å². The summed E-state index contributed by atoms with van der Waals surface area (Å²) in [6, 6.07) is 10.8. The molecule has 0 bridgehead atoms. The summed E-state index contributed by atoms with van der Waals surface area (Å²) in [5.41, 5.74) is 1.52. The van der Waals surface area contributed by atoms with E-state index in [2.05, 4.69) is 5.10 Å². The van der Waals surface area contributed by atoms with Crippen LogP contribution in [0.5, 0.6) is 0 Å². The number of primary sulfonamides is 1. The van der Waals surface area contributed by atoms with Gasteiger partial charge in [-0.25, -0.2) is 18.4 Å². The van der Waals surface area contributed by atoms with Crippen LogP contribution in [-0.2, 0) is 34.5 Å². The number of carbonyl (C=O) groups excluding carboxylic acids is 1. The average molecular weight is 350 g/mol. The quantitative estimate of drug-likeness (QED) is 0.891. The first-order valence-electron chi connectivity index (χ1n) is 7.48. The number of aromatic nitrogens is 2. The van der Waals surface area contributed by atoms with Gasteiger partial charge in [-0.15, -0.1) is 0 Å². The number of sulfonamides is 1. The number of hydrogen-bond acceptors (Lipinski definition) is 5. The number of benzene rings is 1. The molecule has 2 heterocycles. The minimum absolute atomic E-state index is 0.183. The van der Waals surface area contributed by atoms with Crippen LogP contribution in [0.15, 0.2) is 41.4 Å². The van der Waals surface area contributed by atoms with Crippen molar-refractivity contribution in [3.05, 3.63) is 47.7 Å². The minimum Gasteiger partial charge on any atom is -0.445 e. The number of fused-ring (bicyclic) bond motifs is 1.